The van der Waals surface area contributed by atoms with Crippen molar-refractivity contribution in [1.82, 2.24) is 0 Å². The number of hydrogen-bond donors (Lipinski definition) is 3. The number of piperidine rings is 1. The average Bonchev–Trinajstić information content (AvgIpc) is 2.19. The van der Waals surface area contributed by atoms with Crippen molar-refractivity contribution in [1.29, 1.82) is 0 Å². The lowest BCUT2D eigenvalue weighted by Gasteiger charge is -2.30. The molecule has 4 N–H and O–H groups in total. The van der Waals surface area contributed by atoms with Gasteiger partial charge in [-0.25, -0.2) is 0 Å². The first-order valence-electron chi connectivity index (χ1n) is 6.31. The highest BCUT2D eigenvalue weighted by Crippen LogP contribution is 2.04. The van der Waals surface area contributed by atoms with Crippen molar-refractivity contribution in [3.8, 4) is 0 Å². The number of nitrogens with two attached hydrogens (primary N) is 1. The normalized spacial score (nSPS) is 35.8. The number of quaternary nitrogens is 3. The fraction of sp³-hybridized carbons (Fsp3) is 1.00. The Hall–Kier alpha value is -0.120. The van der Waals surface area contributed by atoms with E-state index >= 15 is 0 Å². The van der Waals surface area contributed by atoms with E-state index in [4.69, 9.17) is 0 Å². The molecule has 0 aromatic rings. The summed E-state index contributed by atoms with van der Waals surface area (Å²) in [6.07, 6.45) is 2.94. The first-order valence-corrected chi connectivity index (χ1v) is 6.31. The van der Waals surface area contributed by atoms with E-state index in [1.165, 1.54) is 58.7 Å². The summed E-state index contributed by atoms with van der Waals surface area (Å²) in [6.45, 7) is 9.78. The fourth-order valence-corrected chi connectivity index (χ4v) is 3.06. The molecule has 0 aromatic heterocycles. The number of hydrogen-bond acceptors (Lipinski definition) is 0. The van der Waals surface area contributed by atoms with Gasteiger partial charge in [0.15, 0.2) is 0 Å². The zero-order valence-electron chi connectivity index (χ0n) is 9.52. The Labute approximate surface area is 87.4 Å². The first-order chi connectivity index (χ1) is 6.84. The van der Waals surface area contributed by atoms with Crippen LogP contribution in [0.25, 0.3) is 0 Å². The highest BCUT2D eigenvalue weighted by atomic mass is 15.2. The molecule has 2 heterocycles. The molecule has 0 aliphatic carbocycles. The molecule has 0 aromatic carbocycles. The molecule has 0 bridgehead atoms. The van der Waals surface area contributed by atoms with Crippen LogP contribution in [0.4, 0.5) is 0 Å². The van der Waals surface area contributed by atoms with Gasteiger partial charge in [-0.1, -0.05) is 0 Å². The molecule has 0 saturated carbocycles. The fourth-order valence-electron chi connectivity index (χ4n) is 3.06. The van der Waals surface area contributed by atoms with E-state index < -0.39 is 0 Å². The van der Waals surface area contributed by atoms with Crippen molar-refractivity contribution in [3.63, 3.8) is 0 Å². The molecule has 2 fully saturated rings. The Morgan fingerprint density at radius 2 is 2.00 bits per heavy atom. The molecule has 2 aliphatic rings. The Bertz CT molecular complexity index is 166. The van der Waals surface area contributed by atoms with Crippen LogP contribution in [-0.4, -0.2) is 52.9 Å². The van der Waals surface area contributed by atoms with Crippen LogP contribution in [0.2, 0.25) is 0 Å². The lowest BCUT2D eigenvalue weighted by atomic mass is 9.98. The lowest BCUT2D eigenvalue weighted by molar-refractivity contribution is -0.956. The standard InChI is InChI=1S/C11H23N3/c1-13-6-2-3-11(9-13)10-14-7-4-12-5-8-14/h11-12H,2-10H2,1H3/p+3/t11-/m0/s1. The summed E-state index contributed by atoms with van der Waals surface area (Å²) >= 11 is 0. The van der Waals surface area contributed by atoms with Gasteiger partial charge in [0.1, 0.15) is 26.2 Å². The molecule has 0 amide bonds. The Morgan fingerprint density at radius 3 is 2.71 bits per heavy atom. The van der Waals surface area contributed by atoms with Crippen molar-refractivity contribution < 1.29 is 15.1 Å². The molecule has 2 saturated heterocycles. The Morgan fingerprint density at radius 1 is 1.21 bits per heavy atom. The van der Waals surface area contributed by atoms with Gasteiger partial charge >= 0.3 is 0 Å². The topological polar surface area (TPSA) is 25.5 Å². The summed E-state index contributed by atoms with van der Waals surface area (Å²) in [4.78, 5) is 3.62. The molecule has 82 valence electrons. The van der Waals surface area contributed by atoms with E-state index in [0.717, 1.165) is 5.92 Å². The number of rotatable bonds is 2. The van der Waals surface area contributed by atoms with Crippen LogP contribution >= 0.6 is 0 Å². The first kappa shape index (κ1) is 10.4. The molecule has 0 spiro atoms. The summed E-state index contributed by atoms with van der Waals surface area (Å²) in [5.74, 6) is 1.01. The summed E-state index contributed by atoms with van der Waals surface area (Å²) < 4.78 is 0. The molecule has 1 unspecified atom stereocenters. The van der Waals surface area contributed by atoms with Gasteiger partial charge in [0.05, 0.1) is 32.6 Å². The number of nitrogens with one attached hydrogen (secondary N) is 2. The minimum atomic E-state index is 1.01. The Balaban J connectivity index is 1.72. The summed E-state index contributed by atoms with van der Waals surface area (Å²) in [5, 5.41) is 2.46. The van der Waals surface area contributed by atoms with Crippen molar-refractivity contribution >= 4 is 0 Å². The SMILES string of the molecule is C[NH+]1CCC[C@H](C[NH+]2CC[NH2+]CC2)C1. The highest BCUT2D eigenvalue weighted by molar-refractivity contribution is 4.59. The van der Waals surface area contributed by atoms with Gasteiger partial charge in [0, 0.05) is 0 Å². The van der Waals surface area contributed by atoms with E-state index in [9.17, 15) is 0 Å². The third-order valence-electron chi connectivity index (χ3n) is 3.83. The van der Waals surface area contributed by atoms with E-state index in [1.54, 1.807) is 4.90 Å². The van der Waals surface area contributed by atoms with Gasteiger partial charge in [0.2, 0.25) is 0 Å². The molecule has 3 nitrogen and oxygen atoms in total. The quantitative estimate of drug-likeness (QED) is 0.410. The van der Waals surface area contributed by atoms with Gasteiger partial charge in [-0.15, -0.1) is 0 Å². The van der Waals surface area contributed by atoms with E-state index in [2.05, 4.69) is 12.4 Å². The second-order valence-corrected chi connectivity index (χ2v) is 5.24. The average molecular weight is 200 g/mol. The maximum atomic E-state index is 2.46. The second-order valence-electron chi connectivity index (χ2n) is 5.24. The second kappa shape index (κ2) is 5.10. The van der Waals surface area contributed by atoms with E-state index in [-0.39, 0.29) is 0 Å². The van der Waals surface area contributed by atoms with Crippen LogP contribution in [0.3, 0.4) is 0 Å². The van der Waals surface area contributed by atoms with Crippen LogP contribution in [0.5, 0.6) is 0 Å². The molecule has 2 rings (SSSR count). The summed E-state index contributed by atoms with van der Waals surface area (Å²) in [6, 6.07) is 0. The molecule has 14 heavy (non-hydrogen) atoms. The number of piperazine rings is 1. The third-order valence-corrected chi connectivity index (χ3v) is 3.83. The van der Waals surface area contributed by atoms with Gasteiger partial charge < -0.3 is 15.1 Å². The van der Waals surface area contributed by atoms with Gasteiger partial charge in [-0.05, 0) is 12.8 Å². The molecule has 0 radical (unpaired) electrons. The van der Waals surface area contributed by atoms with Crippen LogP contribution in [-0.2, 0) is 0 Å². The number of likely N-dealkylation sites (tertiary alicyclic amines) is 1. The van der Waals surface area contributed by atoms with Crippen LogP contribution in [0.1, 0.15) is 12.8 Å². The van der Waals surface area contributed by atoms with Crippen LogP contribution < -0.4 is 15.1 Å². The van der Waals surface area contributed by atoms with Crippen molar-refractivity contribution in [2.75, 3.05) is 52.9 Å². The zero-order valence-corrected chi connectivity index (χ0v) is 9.52. The van der Waals surface area contributed by atoms with Crippen LogP contribution in [0.15, 0.2) is 0 Å². The van der Waals surface area contributed by atoms with E-state index in [1.807, 2.05) is 4.90 Å². The van der Waals surface area contributed by atoms with E-state index in [0.29, 0.717) is 0 Å². The molecule has 2 atom stereocenters. The van der Waals surface area contributed by atoms with Crippen LogP contribution in [0, 0.1) is 5.92 Å². The highest BCUT2D eigenvalue weighted by Gasteiger charge is 2.26. The smallest absolute Gasteiger partial charge is 0.127 e. The minimum absolute atomic E-state index is 1.01. The maximum Gasteiger partial charge on any atom is 0.127 e. The minimum Gasteiger partial charge on any atom is -0.337 e. The molecular weight excluding hydrogens is 174 g/mol. The Kier molecular flexibility index (Phi) is 3.79. The summed E-state index contributed by atoms with van der Waals surface area (Å²) in [7, 11) is 2.35. The van der Waals surface area contributed by atoms with Crippen molar-refractivity contribution in [2.24, 2.45) is 5.92 Å². The maximum absolute atomic E-state index is 2.46. The molecule has 2 aliphatic heterocycles. The monoisotopic (exact) mass is 200 g/mol. The molecule has 3 heteroatoms. The predicted octanol–water partition coefficient (Wildman–Crippen LogP) is -3.63. The lowest BCUT2D eigenvalue weighted by Crippen LogP contribution is -3.21. The van der Waals surface area contributed by atoms with Gasteiger partial charge in [0.25, 0.3) is 0 Å². The summed E-state index contributed by atoms with van der Waals surface area (Å²) in [5.41, 5.74) is 0. The van der Waals surface area contributed by atoms with Gasteiger partial charge in [-0.2, -0.15) is 0 Å². The molecular formula is C11H26N3+3. The third kappa shape index (κ3) is 2.94. The van der Waals surface area contributed by atoms with Crippen molar-refractivity contribution in [3.05, 3.63) is 0 Å². The van der Waals surface area contributed by atoms with Crippen molar-refractivity contribution in [2.45, 2.75) is 12.8 Å². The zero-order chi connectivity index (χ0) is 9.80. The predicted molar refractivity (Wildman–Crippen MR) is 56.6 cm³/mol. The van der Waals surface area contributed by atoms with Gasteiger partial charge in [-0.3, -0.25) is 0 Å². The largest absolute Gasteiger partial charge is 0.337 e.